The van der Waals surface area contributed by atoms with Crippen LogP contribution in [-0.4, -0.2) is 56.9 Å². The quantitative estimate of drug-likeness (QED) is 0.664. The molecule has 0 N–H and O–H groups in total. The first kappa shape index (κ1) is 14.3. The van der Waals surface area contributed by atoms with Crippen molar-refractivity contribution in [3.8, 4) is 0 Å². The number of hydrogen-bond acceptors (Lipinski definition) is 5. The van der Waals surface area contributed by atoms with Gasteiger partial charge in [0.1, 0.15) is 5.25 Å². The molecule has 7 heteroatoms. The van der Waals surface area contributed by atoms with Crippen molar-refractivity contribution < 1.29 is 22.7 Å². The van der Waals surface area contributed by atoms with E-state index in [9.17, 15) is 18.0 Å². The molecule has 0 radical (unpaired) electrons. The van der Waals surface area contributed by atoms with Gasteiger partial charge in [0, 0.05) is 13.6 Å². The van der Waals surface area contributed by atoms with Crippen molar-refractivity contribution in [3.05, 3.63) is 0 Å². The highest BCUT2D eigenvalue weighted by molar-refractivity contribution is 7.92. The van der Waals surface area contributed by atoms with Crippen molar-refractivity contribution in [2.45, 2.75) is 30.9 Å². The van der Waals surface area contributed by atoms with Gasteiger partial charge in [-0.1, -0.05) is 0 Å². The van der Waals surface area contributed by atoms with Gasteiger partial charge in [0.05, 0.1) is 19.3 Å². The predicted octanol–water partition coefficient (Wildman–Crippen LogP) is -0.0248. The van der Waals surface area contributed by atoms with Gasteiger partial charge in [-0.2, -0.15) is 0 Å². The fraction of sp³-hybridized carbons (Fsp3) is 0.833. The highest BCUT2D eigenvalue weighted by Crippen LogP contribution is 2.50. The van der Waals surface area contributed by atoms with E-state index in [0.717, 1.165) is 0 Å². The van der Waals surface area contributed by atoms with Crippen LogP contribution in [0.15, 0.2) is 0 Å². The number of rotatable bonds is 5. The molecule has 1 saturated carbocycles. The third kappa shape index (κ3) is 2.91. The second-order valence-electron chi connectivity index (χ2n) is 5.60. The molecule has 1 aliphatic heterocycles. The molecule has 1 atom stereocenters. The van der Waals surface area contributed by atoms with Gasteiger partial charge < -0.3 is 9.64 Å². The Hall–Kier alpha value is -1.11. The summed E-state index contributed by atoms with van der Waals surface area (Å²) in [6, 6.07) is 0. The van der Waals surface area contributed by atoms with Gasteiger partial charge in [-0.15, -0.1) is 0 Å². The monoisotopic (exact) mass is 289 g/mol. The van der Waals surface area contributed by atoms with Crippen LogP contribution in [0.25, 0.3) is 0 Å². The Morgan fingerprint density at radius 3 is 2.53 bits per heavy atom. The molecule has 1 amide bonds. The topological polar surface area (TPSA) is 80.8 Å². The summed E-state index contributed by atoms with van der Waals surface area (Å²) >= 11 is 0. The number of nitrogens with zero attached hydrogens (tertiary/aromatic N) is 1. The Kier molecular flexibility index (Phi) is 3.59. The summed E-state index contributed by atoms with van der Waals surface area (Å²) < 4.78 is 29.2. The lowest BCUT2D eigenvalue weighted by atomic mass is 10.1. The zero-order valence-electron chi connectivity index (χ0n) is 11.2. The molecule has 1 saturated heterocycles. The van der Waals surface area contributed by atoms with E-state index in [1.165, 1.54) is 12.0 Å². The van der Waals surface area contributed by atoms with Crippen LogP contribution in [0.4, 0.5) is 0 Å². The SMILES string of the molecule is COC(=O)CC1(CS(=O)(=O)C2CCN(C)C2=O)CC1. The lowest BCUT2D eigenvalue weighted by molar-refractivity contribution is -0.141. The van der Waals surface area contributed by atoms with Gasteiger partial charge in [-0.05, 0) is 24.7 Å². The van der Waals surface area contributed by atoms with Crippen LogP contribution in [0.3, 0.4) is 0 Å². The summed E-state index contributed by atoms with van der Waals surface area (Å²) in [5, 5.41) is -0.923. The van der Waals surface area contributed by atoms with Gasteiger partial charge in [-0.3, -0.25) is 9.59 Å². The molecule has 1 heterocycles. The zero-order valence-corrected chi connectivity index (χ0v) is 12.0. The number of carbonyl (C=O) groups is 2. The van der Waals surface area contributed by atoms with Crippen LogP contribution < -0.4 is 0 Å². The van der Waals surface area contributed by atoms with E-state index >= 15 is 0 Å². The van der Waals surface area contributed by atoms with E-state index in [-0.39, 0.29) is 24.1 Å². The van der Waals surface area contributed by atoms with Crippen molar-refractivity contribution in [2.24, 2.45) is 5.41 Å². The molecule has 2 aliphatic rings. The first-order chi connectivity index (χ1) is 8.80. The number of methoxy groups -OCH3 is 1. The van der Waals surface area contributed by atoms with Crippen molar-refractivity contribution >= 4 is 21.7 Å². The molecular formula is C12H19NO5S. The number of esters is 1. The maximum atomic E-state index is 12.3. The summed E-state index contributed by atoms with van der Waals surface area (Å²) in [4.78, 5) is 24.5. The highest BCUT2D eigenvalue weighted by Gasteiger charge is 2.51. The van der Waals surface area contributed by atoms with E-state index in [4.69, 9.17) is 0 Å². The van der Waals surface area contributed by atoms with Crippen LogP contribution in [0.5, 0.6) is 0 Å². The molecule has 6 nitrogen and oxygen atoms in total. The van der Waals surface area contributed by atoms with Crippen LogP contribution >= 0.6 is 0 Å². The molecule has 0 aromatic heterocycles. The first-order valence-electron chi connectivity index (χ1n) is 6.33. The zero-order chi connectivity index (χ0) is 14.3. The average Bonchev–Trinajstić information content (AvgIpc) is 2.97. The lowest BCUT2D eigenvalue weighted by Crippen LogP contribution is -2.35. The maximum Gasteiger partial charge on any atom is 0.306 e. The van der Waals surface area contributed by atoms with Crippen LogP contribution in [0, 0.1) is 5.41 Å². The Bertz CT molecular complexity index is 494. The fourth-order valence-corrected chi connectivity index (χ4v) is 4.98. The van der Waals surface area contributed by atoms with Crippen LogP contribution in [-0.2, 0) is 24.2 Å². The van der Waals surface area contributed by atoms with E-state index in [1.807, 2.05) is 0 Å². The standard InChI is InChI=1S/C12H19NO5S/c1-13-6-3-9(11(13)15)19(16,17)8-12(4-5-12)7-10(14)18-2/h9H,3-8H2,1-2H3. The summed E-state index contributed by atoms with van der Waals surface area (Å²) in [5.41, 5.74) is -0.493. The van der Waals surface area contributed by atoms with Crippen molar-refractivity contribution in [1.29, 1.82) is 0 Å². The Balaban J connectivity index is 2.06. The molecule has 0 bridgehead atoms. The number of hydrogen-bond donors (Lipinski definition) is 0. The molecule has 19 heavy (non-hydrogen) atoms. The predicted molar refractivity (Wildman–Crippen MR) is 68.1 cm³/mol. The molecule has 0 aromatic carbocycles. The molecule has 1 unspecified atom stereocenters. The summed E-state index contributed by atoms with van der Waals surface area (Å²) in [5.74, 6) is -0.796. The van der Waals surface area contributed by atoms with Gasteiger partial charge in [0.2, 0.25) is 5.91 Å². The van der Waals surface area contributed by atoms with E-state index in [2.05, 4.69) is 4.74 Å². The van der Waals surface area contributed by atoms with Crippen molar-refractivity contribution in [1.82, 2.24) is 4.90 Å². The molecule has 2 fully saturated rings. The molecule has 108 valence electrons. The Morgan fingerprint density at radius 2 is 2.11 bits per heavy atom. The van der Waals surface area contributed by atoms with Crippen LogP contribution in [0.1, 0.15) is 25.7 Å². The summed E-state index contributed by atoms with van der Waals surface area (Å²) in [6.45, 7) is 0.479. The average molecular weight is 289 g/mol. The highest BCUT2D eigenvalue weighted by atomic mass is 32.2. The minimum absolute atomic E-state index is 0.0840. The number of ether oxygens (including phenoxy) is 1. The molecule has 0 aromatic rings. The second kappa shape index (κ2) is 4.77. The molecule has 0 spiro atoms. The Labute approximate surface area is 113 Å². The van der Waals surface area contributed by atoms with Crippen LogP contribution in [0.2, 0.25) is 0 Å². The first-order valence-corrected chi connectivity index (χ1v) is 8.05. The van der Waals surface area contributed by atoms with E-state index < -0.39 is 20.5 Å². The number of amides is 1. The lowest BCUT2D eigenvalue weighted by Gasteiger charge is -2.17. The maximum absolute atomic E-state index is 12.3. The summed E-state index contributed by atoms with van der Waals surface area (Å²) in [7, 11) is -0.586. The number of sulfone groups is 1. The Morgan fingerprint density at radius 1 is 1.47 bits per heavy atom. The van der Waals surface area contributed by atoms with Crippen molar-refractivity contribution in [3.63, 3.8) is 0 Å². The smallest absolute Gasteiger partial charge is 0.306 e. The molecular weight excluding hydrogens is 270 g/mol. The van der Waals surface area contributed by atoms with E-state index in [0.29, 0.717) is 25.8 Å². The molecule has 2 rings (SSSR count). The fourth-order valence-electron chi connectivity index (χ4n) is 2.58. The van der Waals surface area contributed by atoms with Gasteiger partial charge in [0.25, 0.3) is 0 Å². The van der Waals surface area contributed by atoms with Crippen molar-refractivity contribution in [2.75, 3.05) is 26.5 Å². The van der Waals surface area contributed by atoms with Gasteiger partial charge in [-0.25, -0.2) is 8.42 Å². The third-order valence-electron chi connectivity index (χ3n) is 4.02. The minimum atomic E-state index is -3.49. The largest absolute Gasteiger partial charge is 0.469 e. The van der Waals surface area contributed by atoms with Gasteiger partial charge >= 0.3 is 5.97 Å². The summed E-state index contributed by atoms with van der Waals surface area (Å²) in [6.07, 6.45) is 1.89. The van der Waals surface area contributed by atoms with Gasteiger partial charge in [0.15, 0.2) is 9.84 Å². The second-order valence-corrected chi connectivity index (χ2v) is 7.78. The minimum Gasteiger partial charge on any atom is -0.469 e. The molecule has 1 aliphatic carbocycles. The van der Waals surface area contributed by atoms with E-state index in [1.54, 1.807) is 7.05 Å². The third-order valence-corrected chi connectivity index (χ3v) is 6.34. The number of likely N-dealkylation sites (tertiary alicyclic amines) is 1. The number of carbonyl (C=O) groups excluding carboxylic acids is 2. The normalized spacial score (nSPS) is 25.5.